The summed E-state index contributed by atoms with van der Waals surface area (Å²) in [7, 11) is 0. The summed E-state index contributed by atoms with van der Waals surface area (Å²) in [5.74, 6) is 1.23. The molecule has 0 spiro atoms. The van der Waals surface area contributed by atoms with Gasteiger partial charge in [-0.2, -0.15) is 0 Å². The van der Waals surface area contributed by atoms with Crippen molar-refractivity contribution >= 4 is 59.7 Å². The fourth-order valence-electron chi connectivity index (χ4n) is 8.84. The number of fused-ring (bicyclic) bond motifs is 5. The summed E-state index contributed by atoms with van der Waals surface area (Å²) in [6, 6.07) is 66.3. The van der Waals surface area contributed by atoms with Gasteiger partial charge in [0.2, 0.25) is 0 Å². The van der Waals surface area contributed by atoms with Gasteiger partial charge >= 0.3 is 0 Å². The Balaban J connectivity index is 1.09. The Morgan fingerprint density at radius 1 is 0.455 bits per heavy atom. The van der Waals surface area contributed by atoms with E-state index in [1.54, 1.807) is 0 Å². The molecule has 1 aromatic heterocycles. The molecule has 0 amide bonds. The van der Waals surface area contributed by atoms with Crippen LogP contribution in [0, 0.1) is 0 Å². The summed E-state index contributed by atoms with van der Waals surface area (Å²) >= 11 is 0. The van der Waals surface area contributed by atoms with Gasteiger partial charge < -0.3 is 0 Å². The quantitative estimate of drug-likeness (QED) is 0.163. The third-order valence-corrected chi connectivity index (χ3v) is 11.5. The number of para-hydroxylation sites is 3. The molecule has 1 atom stereocenters. The molecule has 0 fully saturated rings. The maximum atomic E-state index is 5.19. The SMILES string of the molecule is C1=CC(c2nc3ccccc3n2-c2ccccc2)CC=C1c1ccc2c(-c3ccc4ccccc4c3)c3ccccc3c(-c3ccc4ccccc4c3)c2c1. The van der Waals surface area contributed by atoms with Crippen LogP contribution < -0.4 is 0 Å². The van der Waals surface area contributed by atoms with Gasteiger partial charge in [0.05, 0.1) is 11.0 Å². The number of rotatable bonds is 5. The molecule has 1 unspecified atom stereocenters. The number of hydrogen-bond donors (Lipinski definition) is 0. The Morgan fingerprint density at radius 3 is 1.69 bits per heavy atom. The van der Waals surface area contributed by atoms with Crippen LogP contribution in [0.4, 0.5) is 0 Å². The third kappa shape index (κ3) is 5.29. The summed E-state index contributed by atoms with van der Waals surface area (Å²) in [5, 5.41) is 10.1. The van der Waals surface area contributed by atoms with Crippen LogP contribution in [-0.4, -0.2) is 9.55 Å². The summed E-state index contributed by atoms with van der Waals surface area (Å²) in [4.78, 5) is 5.19. The summed E-state index contributed by atoms with van der Waals surface area (Å²) in [5.41, 5.74) is 10.8. The minimum absolute atomic E-state index is 0.161. The maximum Gasteiger partial charge on any atom is 0.121 e. The molecule has 1 aliphatic carbocycles. The highest BCUT2D eigenvalue weighted by Gasteiger charge is 2.22. The fraction of sp³-hybridized carbons (Fsp3) is 0.0377. The molecule has 0 bridgehead atoms. The molecule has 2 heteroatoms. The molecular formula is C53H36N2. The maximum absolute atomic E-state index is 5.19. The Hall–Kier alpha value is -7.03. The predicted molar refractivity (Wildman–Crippen MR) is 233 cm³/mol. The zero-order valence-corrected chi connectivity index (χ0v) is 30.2. The van der Waals surface area contributed by atoms with Crippen LogP contribution in [0.25, 0.3) is 87.6 Å². The van der Waals surface area contributed by atoms with Crippen molar-refractivity contribution in [3.8, 4) is 27.9 Å². The van der Waals surface area contributed by atoms with Crippen molar-refractivity contribution in [2.75, 3.05) is 0 Å². The first-order chi connectivity index (χ1) is 27.3. The van der Waals surface area contributed by atoms with E-state index < -0.39 is 0 Å². The molecule has 1 heterocycles. The van der Waals surface area contributed by atoms with E-state index in [-0.39, 0.29) is 5.92 Å². The van der Waals surface area contributed by atoms with Gasteiger partial charge in [-0.25, -0.2) is 4.98 Å². The molecule has 9 aromatic carbocycles. The van der Waals surface area contributed by atoms with Gasteiger partial charge in [-0.3, -0.25) is 4.57 Å². The molecule has 0 radical (unpaired) electrons. The predicted octanol–water partition coefficient (Wildman–Crippen LogP) is 14.1. The van der Waals surface area contributed by atoms with E-state index in [2.05, 4.69) is 205 Å². The van der Waals surface area contributed by atoms with Crippen molar-refractivity contribution in [1.82, 2.24) is 9.55 Å². The third-order valence-electron chi connectivity index (χ3n) is 11.5. The second kappa shape index (κ2) is 12.8. The Bertz CT molecular complexity index is 3180. The van der Waals surface area contributed by atoms with Crippen LogP contribution in [0.3, 0.4) is 0 Å². The van der Waals surface area contributed by atoms with Crippen molar-refractivity contribution in [3.05, 3.63) is 212 Å². The molecule has 0 N–H and O–H groups in total. The molecule has 2 nitrogen and oxygen atoms in total. The van der Waals surface area contributed by atoms with Crippen LogP contribution in [0.2, 0.25) is 0 Å². The molecule has 10 aromatic rings. The Kier molecular flexibility index (Phi) is 7.34. The van der Waals surface area contributed by atoms with E-state index in [1.807, 2.05) is 0 Å². The zero-order chi connectivity index (χ0) is 36.3. The Morgan fingerprint density at radius 2 is 1.02 bits per heavy atom. The number of imidazole rings is 1. The van der Waals surface area contributed by atoms with Crippen molar-refractivity contribution in [3.63, 3.8) is 0 Å². The van der Waals surface area contributed by atoms with Crippen LogP contribution in [0.5, 0.6) is 0 Å². The van der Waals surface area contributed by atoms with E-state index >= 15 is 0 Å². The molecule has 1 aliphatic rings. The number of benzene rings is 9. The van der Waals surface area contributed by atoms with E-state index in [0.717, 1.165) is 29.0 Å². The number of hydrogen-bond acceptors (Lipinski definition) is 1. The van der Waals surface area contributed by atoms with Gasteiger partial charge in [0, 0.05) is 11.6 Å². The molecule has 0 saturated heterocycles. The number of allylic oxidation sites excluding steroid dienone is 4. The van der Waals surface area contributed by atoms with Gasteiger partial charge in [-0.05, 0) is 125 Å². The molecule has 11 rings (SSSR count). The smallest absolute Gasteiger partial charge is 0.121 e. The lowest BCUT2D eigenvalue weighted by Gasteiger charge is -2.21. The minimum atomic E-state index is 0.161. The highest BCUT2D eigenvalue weighted by atomic mass is 15.1. The van der Waals surface area contributed by atoms with Crippen molar-refractivity contribution < 1.29 is 0 Å². The van der Waals surface area contributed by atoms with Gasteiger partial charge in [0.15, 0.2) is 0 Å². The average Bonchev–Trinajstić information content (AvgIpc) is 3.65. The van der Waals surface area contributed by atoms with Crippen molar-refractivity contribution in [2.45, 2.75) is 12.3 Å². The van der Waals surface area contributed by atoms with Gasteiger partial charge in [0.25, 0.3) is 0 Å². The van der Waals surface area contributed by atoms with Crippen molar-refractivity contribution in [1.29, 1.82) is 0 Å². The second-order valence-corrected chi connectivity index (χ2v) is 14.7. The summed E-state index contributed by atoms with van der Waals surface area (Å²) in [6.07, 6.45) is 7.94. The molecule has 0 aliphatic heterocycles. The summed E-state index contributed by atoms with van der Waals surface area (Å²) < 4.78 is 2.33. The number of aromatic nitrogens is 2. The van der Waals surface area contributed by atoms with Crippen LogP contribution >= 0.6 is 0 Å². The highest BCUT2D eigenvalue weighted by molar-refractivity contribution is 6.22. The topological polar surface area (TPSA) is 17.8 Å². The van der Waals surface area contributed by atoms with Crippen LogP contribution in [0.15, 0.2) is 200 Å². The van der Waals surface area contributed by atoms with E-state index in [0.29, 0.717) is 0 Å². The second-order valence-electron chi connectivity index (χ2n) is 14.7. The normalized spacial score (nSPS) is 14.3. The lowest BCUT2D eigenvalue weighted by Crippen LogP contribution is -2.07. The lowest BCUT2D eigenvalue weighted by atomic mass is 9.83. The molecule has 55 heavy (non-hydrogen) atoms. The summed E-state index contributed by atoms with van der Waals surface area (Å²) in [6.45, 7) is 0. The van der Waals surface area contributed by atoms with Crippen LogP contribution in [-0.2, 0) is 0 Å². The average molecular weight is 701 g/mol. The first-order valence-corrected chi connectivity index (χ1v) is 19.2. The molecule has 258 valence electrons. The largest absolute Gasteiger partial charge is 0.296 e. The first-order valence-electron chi connectivity index (χ1n) is 19.2. The van der Waals surface area contributed by atoms with Gasteiger partial charge in [0.1, 0.15) is 5.82 Å². The number of nitrogens with zero attached hydrogens (tertiary/aromatic N) is 2. The molecular weight excluding hydrogens is 665 g/mol. The Labute approximate surface area is 320 Å². The minimum Gasteiger partial charge on any atom is -0.296 e. The molecule has 0 saturated carbocycles. The fourth-order valence-corrected chi connectivity index (χ4v) is 8.84. The van der Waals surface area contributed by atoms with E-state index in [9.17, 15) is 0 Å². The highest BCUT2D eigenvalue weighted by Crippen LogP contribution is 2.46. The zero-order valence-electron chi connectivity index (χ0n) is 30.2. The van der Waals surface area contributed by atoms with Crippen molar-refractivity contribution in [2.24, 2.45) is 0 Å². The van der Waals surface area contributed by atoms with E-state index in [1.165, 1.54) is 76.5 Å². The monoisotopic (exact) mass is 700 g/mol. The van der Waals surface area contributed by atoms with Crippen LogP contribution in [0.1, 0.15) is 23.7 Å². The first kappa shape index (κ1) is 31.5. The standard InChI is InChI=1S/C53H36N2/c1-2-16-44(17-3-1)55-50-21-11-10-20-49(50)54-53(55)38-26-22-37(23-27-38)41-30-31-47-48(34-41)52(43-29-25-36-13-5-7-15-40(36)33-43)46-19-9-8-18-45(46)51(47)42-28-24-35-12-4-6-14-39(35)32-42/h1-26,28-34,38H,27H2. The van der Waals surface area contributed by atoms with E-state index in [4.69, 9.17) is 4.98 Å². The van der Waals surface area contributed by atoms with Gasteiger partial charge in [-0.15, -0.1) is 0 Å². The van der Waals surface area contributed by atoms with Gasteiger partial charge in [-0.1, -0.05) is 158 Å². The lowest BCUT2D eigenvalue weighted by molar-refractivity contribution is 0.760.